The summed E-state index contributed by atoms with van der Waals surface area (Å²) in [7, 11) is -3.50. The lowest BCUT2D eigenvalue weighted by atomic mass is 10.2. The number of sulfonamides is 1. The monoisotopic (exact) mass is 332 g/mol. The minimum absolute atomic E-state index is 0.0739. The molecule has 0 saturated carbocycles. The van der Waals surface area contributed by atoms with Crippen LogP contribution < -0.4 is 10.0 Å². The first-order chi connectivity index (χ1) is 9.90. The van der Waals surface area contributed by atoms with Crippen LogP contribution in [0.2, 0.25) is 5.02 Å². The summed E-state index contributed by atoms with van der Waals surface area (Å²) in [5.74, 6) is 0. The lowest BCUT2D eigenvalue weighted by Crippen LogP contribution is -2.32. The van der Waals surface area contributed by atoms with Crippen LogP contribution in [0, 0.1) is 0 Å². The van der Waals surface area contributed by atoms with E-state index in [0.29, 0.717) is 11.6 Å². The maximum atomic E-state index is 12.3. The zero-order valence-corrected chi connectivity index (χ0v) is 14.5. The Hall–Kier alpha value is -0.620. The highest BCUT2D eigenvalue weighted by molar-refractivity contribution is 7.89. The van der Waals surface area contributed by atoms with Gasteiger partial charge in [0.25, 0.3) is 0 Å². The Balaban J connectivity index is 2.81. The first-order valence-electron chi connectivity index (χ1n) is 7.42. The summed E-state index contributed by atoms with van der Waals surface area (Å²) >= 11 is 6.16. The van der Waals surface area contributed by atoms with Crippen molar-refractivity contribution in [1.82, 2.24) is 10.0 Å². The van der Waals surface area contributed by atoms with Gasteiger partial charge in [0.1, 0.15) is 0 Å². The van der Waals surface area contributed by atoms with Gasteiger partial charge in [-0.05, 0) is 37.6 Å². The molecule has 1 aromatic carbocycles. The van der Waals surface area contributed by atoms with Gasteiger partial charge in [-0.2, -0.15) is 0 Å². The van der Waals surface area contributed by atoms with Crippen LogP contribution in [0.15, 0.2) is 23.1 Å². The van der Waals surface area contributed by atoms with Gasteiger partial charge in [0, 0.05) is 17.6 Å². The van der Waals surface area contributed by atoms with E-state index in [4.69, 9.17) is 11.6 Å². The molecule has 0 bridgehead atoms. The normalized spacial score (nSPS) is 13.3. The molecule has 0 heterocycles. The molecule has 0 aliphatic heterocycles. The molecule has 120 valence electrons. The molecule has 0 saturated heterocycles. The quantitative estimate of drug-likeness (QED) is 0.729. The van der Waals surface area contributed by atoms with E-state index in [1.807, 2.05) is 13.8 Å². The van der Waals surface area contributed by atoms with Crippen LogP contribution in [0.4, 0.5) is 0 Å². The van der Waals surface area contributed by atoms with Crippen LogP contribution in [0.25, 0.3) is 0 Å². The molecule has 0 fully saturated rings. The fraction of sp³-hybridized carbons (Fsp3) is 0.600. The van der Waals surface area contributed by atoms with E-state index in [9.17, 15) is 8.42 Å². The average molecular weight is 333 g/mol. The molecule has 2 N–H and O–H groups in total. The van der Waals surface area contributed by atoms with Crippen LogP contribution in [0.5, 0.6) is 0 Å². The summed E-state index contributed by atoms with van der Waals surface area (Å²) < 4.78 is 27.3. The Kier molecular flexibility index (Phi) is 7.66. The molecule has 0 aromatic heterocycles. The standard InChI is InChI=1S/C15H25ClN2O2S/c1-4-6-7-12(3)18-21(19,20)14-9-8-13(11-17-5-2)15(16)10-14/h8-10,12,17-18H,4-7,11H2,1-3H3. The van der Waals surface area contributed by atoms with Crippen molar-refractivity contribution < 1.29 is 8.42 Å². The number of unbranched alkanes of at least 4 members (excludes halogenated alkanes) is 1. The van der Waals surface area contributed by atoms with E-state index in [1.54, 1.807) is 12.1 Å². The van der Waals surface area contributed by atoms with E-state index in [0.717, 1.165) is 31.4 Å². The van der Waals surface area contributed by atoms with Gasteiger partial charge in [-0.3, -0.25) is 0 Å². The zero-order chi connectivity index (χ0) is 15.9. The van der Waals surface area contributed by atoms with Gasteiger partial charge in [0.05, 0.1) is 4.90 Å². The Morgan fingerprint density at radius 3 is 2.57 bits per heavy atom. The van der Waals surface area contributed by atoms with E-state index in [-0.39, 0.29) is 10.9 Å². The third kappa shape index (κ3) is 5.94. The number of halogens is 1. The molecule has 21 heavy (non-hydrogen) atoms. The zero-order valence-electron chi connectivity index (χ0n) is 12.9. The lowest BCUT2D eigenvalue weighted by Gasteiger charge is -2.14. The highest BCUT2D eigenvalue weighted by Gasteiger charge is 2.18. The molecular weight excluding hydrogens is 308 g/mol. The van der Waals surface area contributed by atoms with Crippen molar-refractivity contribution in [2.45, 2.75) is 57.5 Å². The molecule has 6 heteroatoms. The van der Waals surface area contributed by atoms with Crippen LogP contribution in [0.3, 0.4) is 0 Å². The largest absolute Gasteiger partial charge is 0.313 e. The second-order valence-corrected chi connectivity index (χ2v) is 7.32. The number of nitrogens with one attached hydrogen (secondary N) is 2. The molecule has 1 unspecified atom stereocenters. The maximum absolute atomic E-state index is 12.3. The minimum Gasteiger partial charge on any atom is -0.313 e. The summed E-state index contributed by atoms with van der Waals surface area (Å²) in [4.78, 5) is 0.219. The van der Waals surface area contributed by atoms with Crippen molar-refractivity contribution in [1.29, 1.82) is 0 Å². The molecule has 1 rings (SSSR count). The molecule has 0 radical (unpaired) electrons. The Morgan fingerprint density at radius 2 is 2.00 bits per heavy atom. The van der Waals surface area contributed by atoms with Gasteiger partial charge < -0.3 is 5.32 Å². The number of hydrogen-bond acceptors (Lipinski definition) is 3. The van der Waals surface area contributed by atoms with Crippen LogP contribution in [-0.4, -0.2) is 21.0 Å². The Bertz CT molecular complexity index is 547. The van der Waals surface area contributed by atoms with Crippen molar-refractivity contribution >= 4 is 21.6 Å². The topological polar surface area (TPSA) is 58.2 Å². The summed E-state index contributed by atoms with van der Waals surface area (Å²) in [6.07, 6.45) is 2.89. The minimum atomic E-state index is -3.50. The van der Waals surface area contributed by atoms with Gasteiger partial charge in [-0.15, -0.1) is 0 Å². The van der Waals surface area contributed by atoms with Crippen molar-refractivity contribution in [3.8, 4) is 0 Å². The molecule has 0 aliphatic rings. The highest BCUT2D eigenvalue weighted by Crippen LogP contribution is 2.21. The Morgan fingerprint density at radius 1 is 1.29 bits per heavy atom. The summed E-state index contributed by atoms with van der Waals surface area (Å²) in [6.45, 7) is 7.45. The molecule has 0 aliphatic carbocycles. The first-order valence-corrected chi connectivity index (χ1v) is 9.28. The van der Waals surface area contributed by atoms with E-state index >= 15 is 0 Å². The molecular formula is C15H25ClN2O2S. The van der Waals surface area contributed by atoms with Gasteiger partial charge >= 0.3 is 0 Å². The number of rotatable bonds is 9. The van der Waals surface area contributed by atoms with Crippen molar-refractivity contribution in [2.75, 3.05) is 6.54 Å². The second-order valence-electron chi connectivity index (χ2n) is 5.20. The summed E-state index contributed by atoms with van der Waals surface area (Å²) in [5, 5.41) is 3.64. The Labute approximate surface area is 133 Å². The van der Waals surface area contributed by atoms with Crippen LogP contribution in [0.1, 0.15) is 45.6 Å². The fourth-order valence-electron chi connectivity index (χ4n) is 2.00. The van der Waals surface area contributed by atoms with Gasteiger partial charge in [0.15, 0.2) is 0 Å². The van der Waals surface area contributed by atoms with Crippen molar-refractivity contribution in [3.63, 3.8) is 0 Å². The van der Waals surface area contributed by atoms with E-state index < -0.39 is 10.0 Å². The predicted molar refractivity (Wildman–Crippen MR) is 88.1 cm³/mol. The van der Waals surface area contributed by atoms with Crippen LogP contribution >= 0.6 is 11.6 Å². The molecule has 0 amide bonds. The van der Waals surface area contributed by atoms with Crippen molar-refractivity contribution in [3.05, 3.63) is 28.8 Å². The third-order valence-electron chi connectivity index (χ3n) is 3.25. The van der Waals surface area contributed by atoms with Gasteiger partial charge in [0.2, 0.25) is 10.0 Å². The van der Waals surface area contributed by atoms with E-state index in [1.165, 1.54) is 6.07 Å². The number of benzene rings is 1. The maximum Gasteiger partial charge on any atom is 0.240 e. The molecule has 1 aromatic rings. The average Bonchev–Trinajstić information content (AvgIpc) is 2.43. The molecule has 4 nitrogen and oxygen atoms in total. The number of hydrogen-bond donors (Lipinski definition) is 2. The van der Waals surface area contributed by atoms with Crippen LogP contribution in [-0.2, 0) is 16.6 Å². The van der Waals surface area contributed by atoms with Gasteiger partial charge in [-0.25, -0.2) is 13.1 Å². The van der Waals surface area contributed by atoms with E-state index in [2.05, 4.69) is 17.0 Å². The second kappa shape index (κ2) is 8.73. The third-order valence-corrected chi connectivity index (χ3v) is 5.19. The summed E-state index contributed by atoms with van der Waals surface area (Å²) in [5.41, 5.74) is 0.900. The fourth-order valence-corrected chi connectivity index (χ4v) is 3.62. The lowest BCUT2D eigenvalue weighted by molar-refractivity contribution is 0.534. The molecule has 1 atom stereocenters. The SMILES string of the molecule is CCCCC(C)NS(=O)(=O)c1ccc(CNCC)c(Cl)c1. The summed E-state index contributed by atoms with van der Waals surface area (Å²) in [6, 6.07) is 4.81. The smallest absolute Gasteiger partial charge is 0.240 e. The van der Waals surface area contributed by atoms with Gasteiger partial charge in [-0.1, -0.05) is 44.4 Å². The highest BCUT2D eigenvalue weighted by atomic mass is 35.5. The van der Waals surface area contributed by atoms with Crippen molar-refractivity contribution in [2.24, 2.45) is 0 Å². The molecule has 0 spiro atoms. The predicted octanol–water partition coefficient (Wildman–Crippen LogP) is 3.31. The first kappa shape index (κ1) is 18.4.